The lowest BCUT2D eigenvalue weighted by atomic mass is 10.1. The second-order valence-electron chi connectivity index (χ2n) is 3.76. The van der Waals surface area contributed by atoms with E-state index in [1.807, 2.05) is 5.32 Å². The molecule has 2 N–H and O–H groups in total. The molecule has 0 aromatic rings. The SMILES string of the molecule is Cl.O=C(NCC[C@H]1CCCN1)C(F)(F)C(F)F. The topological polar surface area (TPSA) is 41.1 Å². The third-order valence-corrected chi connectivity index (χ3v) is 2.52. The van der Waals surface area contributed by atoms with Gasteiger partial charge in [-0.1, -0.05) is 0 Å². The first-order chi connectivity index (χ1) is 7.44. The molecule has 1 atom stereocenters. The fourth-order valence-corrected chi connectivity index (χ4v) is 1.58. The van der Waals surface area contributed by atoms with Gasteiger partial charge in [0.15, 0.2) is 0 Å². The van der Waals surface area contributed by atoms with Crippen molar-refractivity contribution in [2.75, 3.05) is 13.1 Å². The molecule has 0 aromatic carbocycles. The summed E-state index contributed by atoms with van der Waals surface area (Å²) in [5.41, 5.74) is 0. The van der Waals surface area contributed by atoms with Gasteiger partial charge < -0.3 is 10.6 Å². The minimum absolute atomic E-state index is 0. The van der Waals surface area contributed by atoms with Crippen molar-refractivity contribution in [2.24, 2.45) is 0 Å². The Morgan fingerprint density at radius 1 is 1.47 bits per heavy atom. The Labute approximate surface area is 103 Å². The number of rotatable bonds is 5. The Balaban J connectivity index is 0.00000256. The Morgan fingerprint density at radius 2 is 2.12 bits per heavy atom. The van der Waals surface area contributed by atoms with Crippen LogP contribution in [0.15, 0.2) is 0 Å². The van der Waals surface area contributed by atoms with Gasteiger partial charge in [-0.15, -0.1) is 12.4 Å². The zero-order valence-corrected chi connectivity index (χ0v) is 9.84. The zero-order chi connectivity index (χ0) is 12.2. The summed E-state index contributed by atoms with van der Waals surface area (Å²) in [7, 11) is 0. The second-order valence-corrected chi connectivity index (χ2v) is 3.76. The smallest absolute Gasteiger partial charge is 0.351 e. The fraction of sp³-hybridized carbons (Fsp3) is 0.889. The molecule has 8 heteroatoms. The van der Waals surface area contributed by atoms with Crippen molar-refractivity contribution in [2.45, 2.75) is 37.7 Å². The zero-order valence-electron chi connectivity index (χ0n) is 9.02. The summed E-state index contributed by atoms with van der Waals surface area (Å²) in [5.74, 6) is -6.50. The van der Waals surface area contributed by atoms with Crippen LogP contribution in [-0.4, -0.2) is 37.4 Å². The van der Waals surface area contributed by atoms with Crippen LogP contribution >= 0.6 is 12.4 Å². The van der Waals surface area contributed by atoms with Crippen molar-refractivity contribution in [1.29, 1.82) is 0 Å². The van der Waals surface area contributed by atoms with Gasteiger partial charge in [0.2, 0.25) is 0 Å². The molecule has 0 bridgehead atoms. The highest BCUT2D eigenvalue weighted by atomic mass is 35.5. The second kappa shape index (κ2) is 7.00. The number of halogens is 5. The Morgan fingerprint density at radius 3 is 2.59 bits per heavy atom. The number of nitrogens with one attached hydrogen (secondary N) is 2. The summed E-state index contributed by atoms with van der Waals surface area (Å²) >= 11 is 0. The minimum atomic E-state index is -4.59. The third kappa shape index (κ3) is 4.67. The average Bonchev–Trinajstić information content (AvgIpc) is 2.70. The molecule has 1 aliphatic rings. The highest BCUT2D eigenvalue weighted by Gasteiger charge is 2.48. The van der Waals surface area contributed by atoms with Crippen LogP contribution in [0.3, 0.4) is 0 Å². The van der Waals surface area contributed by atoms with E-state index in [0.717, 1.165) is 19.4 Å². The van der Waals surface area contributed by atoms with Crippen LogP contribution in [0.2, 0.25) is 0 Å². The number of amides is 1. The van der Waals surface area contributed by atoms with Gasteiger partial charge in [-0.05, 0) is 25.8 Å². The van der Waals surface area contributed by atoms with Crippen LogP contribution in [0.1, 0.15) is 19.3 Å². The van der Waals surface area contributed by atoms with Crippen molar-refractivity contribution in [3.63, 3.8) is 0 Å². The fourth-order valence-electron chi connectivity index (χ4n) is 1.58. The van der Waals surface area contributed by atoms with Gasteiger partial charge in [0.25, 0.3) is 5.91 Å². The highest BCUT2D eigenvalue weighted by molar-refractivity contribution is 5.85. The lowest BCUT2D eigenvalue weighted by molar-refractivity contribution is -0.169. The summed E-state index contributed by atoms with van der Waals surface area (Å²) in [5, 5.41) is 4.93. The molecule has 1 aliphatic heterocycles. The van der Waals surface area contributed by atoms with E-state index in [0.29, 0.717) is 6.42 Å². The molecule has 1 rings (SSSR count). The molecule has 1 amide bonds. The Hall–Kier alpha value is -0.560. The molecule has 102 valence electrons. The molecule has 0 aromatic heterocycles. The van der Waals surface area contributed by atoms with Crippen molar-refractivity contribution >= 4 is 18.3 Å². The van der Waals surface area contributed by atoms with Gasteiger partial charge in [-0.25, -0.2) is 8.78 Å². The summed E-state index contributed by atoms with van der Waals surface area (Å²) in [6.07, 6.45) is -1.56. The number of hydrogen-bond donors (Lipinski definition) is 2. The van der Waals surface area contributed by atoms with Crippen LogP contribution in [0, 0.1) is 0 Å². The molecule has 1 fully saturated rings. The van der Waals surface area contributed by atoms with Crippen molar-refractivity contribution in [3.05, 3.63) is 0 Å². The normalized spacial score (nSPS) is 20.2. The first kappa shape index (κ1) is 16.4. The maximum Gasteiger partial charge on any atom is 0.383 e. The highest BCUT2D eigenvalue weighted by Crippen LogP contribution is 2.22. The van der Waals surface area contributed by atoms with Crippen LogP contribution in [0.25, 0.3) is 0 Å². The molecular weight excluding hydrogens is 264 g/mol. The van der Waals surface area contributed by atoms with Crippen molar-refractivity contribution in [3.8, 4) is 0 Å². The van der Waals surface area contributed by atoms with E-state index in [1.165, 1.54) is 0 Å². The molecule has 17 heavy (non-hydrogen) atoms. The molecule has 0 spiro atoms. The quantitative estimate of drug-likeness (QED) is 0.750. The predicted molar refractivity (Wildman–Crippen MR) is 56.9 cm³/mol. The van der Waals surface area contributed by atoms with Crippen LogP contribution in [0.5, 0.6) is 0 Å². The first-order valence-electron chi connectivity index (χ1n) is 5.12. The molecule has 0 radical (unpaired) electrons. The lowest BCUT2D eigenvalue weighted by Gasteiger charge is -2.16. The van der Waals surface area contributed by atoms with Crippen LogP contribution < -0.4 is 10.6 Å². The summed E-state index contributed by atoms with van der Waals surface area (Å²) in [6, 6.07) is 0.181. The number of carbonyl (C=O) groups excluding carboxylic acids is 1. The summed E-state index contributed by atoms with van der Waals surface area (Å²) in [6.45, 7) is 0.852. The van der Waals surface area contributed by atoms with E-state index in [-0.39, 0.29) is 25.0 Å². The third-order valence-electron chi connectivity index (χ3n) is 2.52. The Bertz CT molecular complexity index is 247. The van der Waals surface area contributed by atoms with Gasteiger partial charge in [-0.3, -0.25) is 4.79 Å². The predicted octanol–water partition coefficient (Wildman–Crippen LogP) is 1.57. The number of alkyl halides is 4. The maximum absolute atomic E-state index is 12.5. The van der Waals surface area contributed by atoms with E-state index >= 15 is 0 Å². The standard InChI is InChI=1S/C9H14F4N2O.ClH/c10-7(11)9(12,13)8(16)15-5-3-6-2-1-4-14-6;/h6-7,14H,1-5H2,(H,15,16);1H/t6-;/m1./s1. The maximum atomic E-state index is 12.5. The van der Waals surface area contributed by atoms with E-state index in [2.05, 4.69) is 5.32 Å². The number of carbonyl (C=O) groups is 1. The largest absolute Gasteiger partial charge is 0.383 e. The van der Waals surface area contributed by atoms with Gasteiger partial charge in [0, 0.05) is 12.6 Å². The molecule has 3 nitrogen and oxygen atoms in total. The van der Waals surface area contributed by atoms with Crippen LogP contribution in [-0.2, 0) is 4.79 Å². The van der Waals surface area contributed by atoms with E-state index in [4.69, 9.17) is 0 Å². The number of hydrogen-bond acceptors (Lipinski definition) is 2. The molecule has 0 saturated carbocycles. The van der Waals surface area contributed by atoms with Gasteiger partial charge in [0.05, 0.1) is 0 Å². The van der Waals surface area contributed by atoms with Gasteiger partial charge in [-0.2, -0.15) is 8.78 Å². The summed E-state index contributed by atoms with van der Waals surface area (Å²) in [4.78, 5) is 10.7. The van der Waals surface area contributed by atoms with Gasteiger partial charge >= 0.3 is 12.3 Å². The Kier molecular flexibility index (Phi) is 6.77. The van der Waals surface area contributed by atoms with Crippen LogP contribution in [0.4, 0.5) is 17.6 Å². The minimum Gasteiger partial charge on any atom is -0.351 e. The molecule has 1 heterocycles. The van der Waals surface area contributed by atoms with Crippen molar-refractivity contribution in [1.82, 2.24) is 10.6 Å². The monoisotopic (exact) mass is 278 g/mol. The van der Waals surface area contributed by atoms with E-state index in [1.54, 1.807) is 0 Å². The van der Waals surface area contributed by atoms with E-state index in [9.17, 15) is 22.4 Å². The summed E-state index contributed by atoms with van der Waals surface area (Å²) < 4.78 is 48.5. The average molecular weight is 279 g/mol. The van der Waals surface area contributed by atoms with E-state index < -0.39 is 18.3 Å². The first-order valence-corrected chi connectivity index (χ1v) is 5.12. The molecule has 1 saturated heterocycles. The molecular formula is C9H15ClF4N2O. The van der Waals surface area contributed by atoms with Crippen molar-refractivity contribution < 1.29 is 22.4 Å². The molecule has 0 unspecified atom stereocenters. The molecule has 0 aliphatic carbocycles. The lowest BCUT2D eigenvalue weighted by Crippen LogP contribution is -2.46. The van der Waals surface area contributed by atoms with Gasteiger partial charge in [0.1, 0.15) is 0 Å².